The van der Waals surface area contributed by atoms with Crippen LogP contribution in [0.15, 0.2) is 42.0 Å². The fraction of sp³-hybridized carbons (Fsp3) is 0.738. The lowest BCUT2D eigenvalue weighted by Gasteiger charge is -2.66. The van der Waals surface area contributed by atoms with Gasteiger partial charge in [0.15, 0.2) is 5.78 Å². The summed E-state index contributed by atoms with van der Waals surface area (Å²) in [6.45, 7) is 8.90. The Morgan fingerprint density at radius 1 is 1.08 bits per heavy atom. The highest BCUT2D eigenvalue weighted by Gasteiger charge is 2.74. The van der Waals surface area contributed by atoms with Crippen molar-refractivity contribution in [2.45, 2.75) is 127 Å². The summed E-state index contributed by atoms with van der Waals surface area (Å²) < 4.78 is 20.1. The molecule has 2 spiro atoms. The number of aliphatic hydroxyl groups excluding tert-OH is 2. The molecule has 7 nitrogen and oxygen atoms in total. The molecule has 9 aliphatic rings. The molecule has 0 radical (unpaired) electrons. The van der Waals surface area contributed by atoms with E-state index in [1.807, 2.05) is 31.2 Å². The minimum absolute atomic E-state index is 0.0190. The zero-order valence-electron chi connectivity index (χ0n) is 29.8. The monoisotopic (exact) mass is 672 g/mol. The number of allylic oxidation sites excluding steroid dienone is 1. The molecule has 5 fully saturated rings. The average Bonchev–Trinajstić information content (AvgIpc) is 3.57. The van der Waals surface area contributed by atoms with Gasteiger partial charge in [0.2, 0.25) is 0 Å². The van der Waals surface area contributed by atoms with Crippen LogP contribution < -0.4 is 0 Å². The Hall–Kier alpha value is -2.05. The number of benzene rings is 1. The maximum atomic E-state index is 14.4. The summed E-state index contributed by atoms with van der Waals surface area (Å²) in [6, 6.07) is 10.3. The van der Waals surface area contributed by atoms with Crippen LogP contribution in [0.1, 0.15) is 97.0 Å². The lowest BCUT2D eigenvalue weighted by atomic mass is 9.40. The van der Waals surface area contributed by atoms with Crippen LogP contribution in [0.5, 0.6) is 0 Å². The van der Waals surface area contributed by atoms with Gasteiger partial charge in [-0.2, -0.15) is 0 Å². The zero-order chi connectivity index (χ0) is 34.3. The maximum Gasteiger partial charge on any atom is 0.159 e. The fourth-order valence-electron chi connectivity index (χ4n) is 12.8. The molecule has 5 aliphatic carbocycles. The number of fused-ring (bicyclic) bond motifs is 3. The normalized spacial score (nSPS) is 47.7. The summed E-state index contributed by atoms with van der Waals surface area (Å²) in [5, 5.41) is 34.8. The number of aliphatic hydroxyl groups is 3. The van der Waals surface area contributed by atoms with Crippen LogP contribution in [-0.4, -0.2) is 76.5 Å². The molecule has 15 atom stereocenters. The Kier molecular flexibility index (Phi) is 8.54. The van der Waals surface area contributed by atoms with Crippen LogP contribution in [0.2, 0.25) is 0 Å². The second-order valence-electron chi connectivity index (χ2n) is 17.5. The summed E-state index contributed by atoms with van der Waals surface area (Å²) in [5.74, 6) is 7.36. The molecule has 4 aliphatic heterocycles. The van der Waals surface area contributed by atoms with Crippen molar-refractivity contribution in [2.24, 2.45) is 46.3 Å². The molecule has 0 aromatic heterocycles. The first kappa shape index (κ1) is 34.1. The average molecular weight is 673 g/mol. The fourth-order valence-corrected chi connectivity index (χ4v) is 12.8. The van der Waals surface area contributed by atoms with Gasteiger partial charge in [-0.1, -0.05) is 69.4 Å². The number of hydrogen-bond donors (Lipinski definition) is 3. The van der Waals surface area contributed by atoms with E-state index in [1.54, 1.807) is 0 Å². The molecule has 49 heavy (non-hydrogen) atoms. The molecule has 1 saturated heterocycles. The van der Waals surface area contributed by atoms with Gasteiger partial charge in [-0.3, -0.25) is 4.79 Å². The predicted octanol–water partition coefficient (Wildman–Crippen LogP) is 5.60. The third-order valence-electron chi connectivity index (χ3n) is 15.4. The molecular weight excluding hydrogens is 616 g/mol. The zero-order valence-corrected chi connectivity index (χ0v) is 29.8. The number of rotatable bonds is 5. The van der Waals surface area contributed by atoms with Gasteiger partial charge >= 0.3 is 0 Å². The molecule has 1 aromatic rings. The van der Waals surface area contributed by atoms with Gasteiger partial charge in [0.05, 0.1) is 48.6 Å². The summed E-state index contributed by atoms with van der Waals surface area (Å²) >= 11 is 0. The van der Waals surface area contributed by atoms with Crippen molar-refractivity contribution < 1.29 is 34.3 Å². The van der Waals surface area contributed by atoms with Crippen LogP contribution in [-0.2, 0) is 19.0 Å². The summed E-state index contributed by atoms with van der Waals surface area (Å²) in [4.78, 5) is 14.4. The van der Waals surface area contributed by atoms with Crippen LogP contribution in [0.3, 0.4) is 0 Å². The predicted molar refractivity (Wildman–Crippen MR) is 185 cm³/mol. The van der Waals surface area contributed by atoms with Gasteiger partial charge in [0, 0.05) is 11.3 Å². The molecule has 3 N–H and O–H groups in total. The smallest absolute Gasteiger partial charge is 0.159 e. The highest BCUT2D eigenvalue weighted by atomic mass is 16.5. The van der Waals surface area contributed by atoms with Gasteiger partial charge in [-0.25, -0.2) is 0 Å². The Balaban J connectivity index is 1.23. The molecule has 1 aromatic carbocycles. The maximum absolute atomic E-state index is 14.4. The van der Waals surface area contributed by atoms with Crippen molar-refractivity contribution >= 4 is 5.78 Å². The Bertz CT molecular complexity index is 1530. The topological polar surface area (TPSA) is 105 Å². The minimum Gasteiger partial charge on any atom is -0.394 e. The van der Waals surface area contributed by atoms with Gasteiger partial charge < -0.3 is 29.5 Å². The largest absolute Gasteiger partial charge is 0.394 e. The molecule has 266 valence electrons. The van der Waals surface area contributed by atoms with Crippen molar-refractivity contribution in [1.29, 1.82) is 0 Å². The van der Waals surface area contributed by atoms with Gasteiger partial charge in [-0.15, -0.1) is 0 Å². The first-order chi connectivity index (χ1) is 23.5. The third-order valence-corrected chi connectivity index (χ3v) is 15.4. The minimum atomic E-state index is -1.46. The number of carbonyl (C=O) groups excluding carboxylic acids is 1. The molecule has 15 unspecified atom stereocenters. The van der Waals surface area contributed by atoms with Crippen LogP contribution in [0.4, 0.5) is 0 Å². The van der Waals surface area contributed by atoms with E-state index in [2.05, 4.69) is 44.7 Å². The quantitative estimate of drug-likeness (QED) is 0.350. The van der Waals surface area contributed by atoms with E-state index in [-0.39, 0.29) is 72.1 Å². The molecule has 10 rings (SSSR count). The van der Waals surface area contributed by atoms with Gasteiger partial charge in [-0.05, 0) is 111 Å². The van der Waals surface area contributed by atoms with E-state index in [1.165, 1.54) is 0 Å². The highest BCUT2D eigenvalue weighted by Crippen LogP contribution is 2.74. The Morgan fingerprint density at radius 3 is 2.63 bits per heavy atom. The number of carbonyl (C=O) groups is 1. The summed E-state index contributed by atoms with van der Waals surface area (Å²) in [7, 11) is 0. The lowest BCUT2D eigenvalue weighted by Crippen LogP contribution is -2.67. The molecular formula is C42H56O7. The van der Waals surface area contributed by atoms with Crippen molar-refractivity contribution in [3.63, 3.8) is 0 Å². The Labute approximate surface area is 292 Å². The van der Waals surface area contributed by atoms with Gasteiger partial charge in [0.25, 0.3) is 0 Å². The van der Waals surface area contributed by atoms with Crippen LogP contribution >= 0.6 is 0 Å². The lowest BCUT2D eigenvalue weighted by molar-refractivity contribution is -0.225. The number of ketones is 1. The third kappa shape index (κ3) is 4.95. The first-order valence-corrected chi connectivity index (χ1v) is 19.2. The molecule has 7 heteroatoms. The van der Waals surface area contributed by atoms with Crippen LogP contribution in [0.25, 0.3) is 0 Å². The second kappa shape index (κ2) is 12.3. The number of hydrogen-bond acceptors (Lipinski definition) is 7. The van der Waals surface area contributed by atoms with E-state index in [4.69, 9.17) is 14.2 Å². The van der Waals surface area contributed by atoms with Crippen molar-refractivity contribution in [3.05, 3.63) is 47.5 Å². The van der Waals surface area contributed by atoms with Crippen LogP contribution in [0, 0.1) is 58.2 Å². The SMILES string of the molecule is CC1C(CO)OC(C(O)C(C)(O)C2CCC34OCC#CC(c5ccccc5)COC5CCC6(C)C(C5)C(=O)C=C3C6C3CCCC24C3)C1C. The van der Waals surface area contributed by atoms with Crippen molar-refractivity contribution in [2.75, 3.05) is 19.8 Å². The summed E-state index contributed by atoms with van der Waals surface area (Å²) in [5.41, 5.74) is -0.565. The Morgan fingerprint density at radius 2 is 1.88 bits per heavy atom. The van der Waals surface area contributed by atoms with Crippen molar-refractivity contribution in [3.8, 4) is 11.8 Å². The molecule has 0 amide bonds. The van der Waals surface area contributed by atoms with Gasteiger partial charge in [0.1, 0.15) is 12.7 Å². The molecule has 8 bridgehead atoms. The van der Waals surface area contributed by atoms with E-state index in [9.17, 15) is 20.1 Å². The summed E-state index contributed by atoms with van der Waals surface area (Å²) in [6.07, 6.45) is 7.87. The standard InChI is InChI=1S/C42H56O7/c1-25-26(2)37(49-34(25)23-43)38(45)40(4,46)35-15-18-42-32-21-33(44)31-20-30(47-24-29(13-9-19-48-42)27-10-6-5-7-11-27)14-17-39(31,3)36(32)28-12-8-16-41(35,42)22-28/h5-7,10-11,21,25-26,28-31,34-38,43,45-46H,8,12,14-20,22-24H2,1-4H3. The van der Waals surface area contributed by atoms with E-state index >= 15 is 0 Å². The second-order valence-corrected chi connectivity index (χ2v) is 17.5. The number of ether oxygens (including phenoxy) is 3. The molecule has 4 saturated carbocycles. The van der Waals surface area contributed by atoms with E-state index in [0.717, 1.165) is 56.1 Å². The first-order valence-electron chi connectivity index (χ1n) is 19.2. The highest BCUT2D eigenvalue weighted by molar-refractivity contribution is 5.95. The van der Waals surface area contributed by atoms with E-state index < -0.39 is 28.8 Å². The van der Waals surface area contributed by atoms with Crippen molar-refractivity contribution in [1.82, 2.24) is 0 Å². The van der Waals surface area contributed by atoms with E-state index in [0.29, 0.717) is 25.4 Å². The molecule has 4 heterocycles.